The van der Waals surface area contributed by atoms with Gasteiger partial charge in [-0.05, 0) is 37.1 Å². The molecule has 0 aliphatic carbocycles. The second-order valence-electron chi connectivity index (χ2n) is 6.87. The van der Waals surface area contributed by atoms with Crippen molar-refractivity contribution in [1.82, 2.24) is 0 Å². The molecule has 0 spiro atoms. The van der Waals surface area contributed by atoms with Gasteiger partial charge < -0.3 is 14.6 Å². The maximum atomic E-state index is 13.8. The van der Waals surface area contributed by atoms with Crippen LogP contribution in [-0.2, 0) is 26.0 Å². The fraction of sp³-hybridized carbons (Fsp3) is 0.300. The van der Waals surface area contributed by atoms with Crippen molar-refractivity contribution >= 4 is 27.6 Å². The Morgan fingerprint density at radius 2 is 1.90 bits per heavy atom. The quantitative estimate of drug-likeness (QED) is 0.565. The first-order valence-corrected chi connectivity index (χ1v) is 10.4. The van der Waals surface area contributed by atoms with Gasteiger partial charge >= 0.3 is 11.9 Å². The summed E-state index contributed by atoms with van der Waals surface area (Å²) in [6.07, 6.45) is 0.102. The first kappa shape index (κ1) is 21.6. The summed E-state index contributed by atoms with van der Waals surface area (Å²) in [5.74, 6) is -3.60. The molecule has 160 valence electrons. The van der Waals surface area contributed by atoms with Crippen molar-refractivity contribution < 1.29 is 37.0 Å². The normalized spacial score (nSPS) is 18.5. The Bertz CT molecular complexity index is 1120. The monoisotopic (exact) mass is 437 g/mol. The number of rotatable bonds is 5. The molecule has 1 N–H and O–H groups in total. The Morgan fingerprint density at radius 1 is 1.20 bits per heavy atom. The standard InChI is InChI=1S/C20H20FNO7S/c1-11-16(20(24)25)8-13-4-5-14(29-12(2)23)9-18(13)22(11)30(26,27)15-6-7-17(21)19(10-15)28-3/h4-7,9-11,16H,8H2,1-3H3,(H,24,25). The average Bonchev–Trinajstić information content (AvgIpc) is 2.66. The van der Waals surface area contributed by atoms with Gasteiger partial charge in [0, 0.05) is 19.1 Å². The zero-order chi connectivity index (χ0) is 22.2. The molecule has 2 aromatic carbocycles. The summed E-state index contributed by atoms with van der Waals surface area (Å²) >= 11 is 0. The molecule has 0 amide bonds. The third kappa shape index (κ3) is 3.82. The first-order valence-electron chi connectivity index (χ1n) is 8.98. The van der Waals surface area contributed by atoms with Crippen molar-refractivity contribution in [2.45, 2.75) is 31.2 Å². The molecule has 0 fully saturated rings. The largest absolute Gasteiger partial charge is 0.494 e. The first-order chi connectivity index (χ1) is 14.1. The van der Waals surface area contributed by atoms with E-state index in [1.807, 2.05) is 0 Å². The van der Waals surface area contributed by atoms with Gasteiger partial charge in [0.25, 0.3) is 10.0 Å². The van der Waals surface area contributed by atoms with Crippen molar-refractivity contribution in [2.24, 2.45) is 5.92 Å². The van der Waals surface area contributed by atoms with E-state index < -0.39 is 39.7 Å². The van der Waals surface area contributed by atoms with E-state index >= 15 is 0 Å². The van der Waals surface area contributed by atoms with E-state index in [1.165, 1.54) is 39.2 Å². The number of anilines is 1. The highest BCUT2D eigenvalue weighted by Gasteiger charge is 2.42. The molecule has 3 rings (SSSR count). The molecule has 2 aromatic rings. The number of sulfonamides is 1. The predicted octanol–water partition coefficient (Wildman–Crippen LogP) is 2.60. The van der Waals surface area contributed by atoms with Gasteiger partial charge in [-0.15, -0.1) is 0 Å². The van der Waals surface area contributed by atoms with E-state index in [1.54, 1.807) is 0 Å². The number of carboxylic acid groups (broad SMARTS) is 1. The van der Waals surface area contributed by atoms with Gasteiger partial charge in [0.2, 0.25) is 0 Å². The number of fused-ring (bicyclic) bond motifs is 1. The van der Waals surface area contributed by atoms with Crippen LogP contribution >= 0.6 is 0 Å². The molecule has 1 aliphatic rings. The second-order valence-corrected chi connectivity index (χ2v) is 8.69. The summed E-state index contributed by atoms with van der Waals surface area (Å²) in [6, 6.07) is 6.51. The van der Waals surface area contributed by atoms with Crippen LogP contribution in [0.1, 0.15) is 19.4 Å². The third-order valence-electron chi connectivity index (χ3n) is 4.94. The number of halogens is 1. The van der Waals surface area contributed by atoms with Crippen molar-refractivity contribution in [3.05, 3.63) is 47.8 Å². The fourth-order valence-corrected chi connectivity index (χ4v) is 5.23. The average molecular weight is 437 g/mol. The minimum absolute atomic E-state index is 0.102. The van der Waals surface area contributed by atoms with E-state index in [0.29, 0.717) is 5.56 Å². The number of nitrogens with zero attached hydrogens (tertiary/aromatic N) is 1. The highest BCUT2D eigenvalue weighted by molar-refractivity contribution is 7.92. The van der Waals surface area contributed by atoms with E-state index in [2.05, 4.69) is 0 Å². The summed E-state index contributed by atoms with van der Waals surface area (Å²) in [5.41, 5.74) is 0.663. The van der Waals surface area contributed by atoms with Crippen LogP contribution in [0.5, 0.6) is 11.5 Å². The maximum absolute atomic E-state index is 13.8. The van der Waals surface area contributed by atoms with Gasteiger partial charge in [-0.2, -0.15) is 0 Å². The third-order valence-corrected chi connectivity index (χ3v) is 6.84. The lowest BCUT2D eigenvalue weighted by molar-refractivity contribution is -0.142. The lowest BCUT2D eigenvalue weighted by Gasteiger charge is -2.39. The smallest absolute Gasteiger partial charge is 0.308 e. The SMILES string of the molecule is COc1cc(S(=O)(=O)N2c3cc(OC(C)=O)ccc3CC(C(=O)O)C2C)ccc1F. The summed E-state index contributed by atoms with van der Waals surface area (Å²) in [6.45, 7) is 2.69. The number of aliphatic carboxylic acids is 1. The zero-order valence-corrected chi connectivity index (χ0v) is 17.3. The van der Waals surface area contributed by atoms with Crippen LogP contribution in [0.3, 0.4) is 0 Å². The van der Waals surface area contributed by atoms with Gasteiger partial charge in [-0.1, -0.05) is 6.07 Å². The van der Waals surface area contributed by atoms with Gasteiger partial charge in [0.05, 0.1) is 29.7 Å². The number of methoxy groups -OCH3 is 1. The van der Waals surface area contributed by atoms with Gasteiger partial charge in [-0.3, -0.25) is 13.9 Å². The fourth-order valence-electron chi connectivity index (χ4n) is 3.50. The summed E-state index contributed by atoms with van der Waals surface area (Å²) in [5, 5.41) is 9.62. The van der Waals surface area contributed by atoms with E-state index in [9.17, 15) is 27.5 Å². The summed E-state index contributed by atoms with van der Waals surface area (Å²) in [7, 11) is -3.09. The maximum Gasteiger partial charge on any atom is 0.308 e. The molecule has 1 heterocycles. The minimum atomic E-state index is -4.30. The Labute approximate surface area is 172 Å². The van der Waals surface area contributed by atoms with Crippen LogP contribution in [0.25, 0.3) is 0 Å². The number of hydrogen-bond donors (Lipinski definition) is 1. The van der Waals surface area contributed by atoms with Crippen molar-refractivity contribution in [3.63, 3.8) is 0 Å². The Hall–Kier alpha value is -3.14. The molecule has 2 unspecified atom stereocenters. The zero-order valence-electron chi connectivity index (χ0n) is 16.5. The van der Waals surface area contributed by atoms with Crippen LogP contribution < -0.4 is 13.8 Å². The number of benzene rings is 2. The van der Waals surface area contributed by atoms with Crippen molar-refractivity contribution in [3.8, 4) is 11.5 Å². The van der Waals surface area contributed by atoms with Gasteiger partial charge in [0.15, 0.2) is 11.6 Å². The number of esters is 1. The number of carboxylic acids is 1. The lowest BCUT2D eigenvalue weighted by Crippen LogP contribution is -2.49. The molecule has 8 nitrogen and oxygen atoms in total. The Morgan fingerprint density at radius 3 is 2.50 bits per heavy atom. The van der Waals surface area contributed by atoms with E-state index in [4.69, 9.17) is 9.47 Å². The number of hydrogen-bond acceptors (Lipinski definition) is 6. The van der Waals surface area contributed by atoms with Crippen LogP contribution in [0.4, 0.5) is 10.1 Å². The second kappa shape index (κ2) is 7.94. The Balaban J connectivity index is 2.20. The lowest BCUT2D eigenvalue weighted by atomic mass is 9.88. The van der Waals surface area contributed by atoms with Crippen LogP contribution in [0, 0.1) is 11.7 Å². The summed E-state index contributed by atoms with van der Waals surface area (Å²) in [4.78, 5) is 22.8. The highest BCUT2D eigenvalue weighted by atomic mass is 32.2. The molecule has 30 heavy (non-hydrogen) atoms. The Kier molecular flexibility index (Phi) is 5.71. The molecule has 0 bridgehead atoms. The molecule has 1 aliphatic heterocycles. The number of ether oxygens (including phenoxy) is 2. The molecular formula is C20H20FNO7S. The molecule has 0 radical (unpaired) electrons. The highest BCUT2D eigenvalue weighted by Crippen LogP contribution is 2.40. The van der Waals surface area contributed by atoms with E-state index in [0.717, 1.165) is 22.5 Å². The molecular weight excluding hydrogens is 417 g/mol. The summed E-state index contributed by atoms with van der Waals surface area (Å²) < 4.78 is 51.7. The van der Waals surface area contributed by atoms with Crippen LogP contribution in [0.15, 0.2) is 41.3 Å². The minimum Gasteiger partial charge on any atom is -0.494 e. The molecule has 0 aromatic heterocycles. The number of carbonyl (C=O) groups is 2. The number of carbonyl (C=O) groups excluding carboxylic acids is 1. The van der Waals surface area contributed by atoms with Gasteiger partial charge in [-0.25, -0.2) is 12.8 Å². The van der Waals surface area contributed by atoms with Crippen LogP contribution in [-0.4, -0.2) is 38.6 Å². The van der Waals surface area contributed by atoms with Crippen molar-refractivity contribution in [2.75, 3.05) is 11.4 Å². The van der Waals surface area contributed by atoms with E-state index in [-0.39, 0.29) is 28.5 Å². The molecule has 0 saturated heterocycles. The molecule has 0 saturated carbocycles. The topological polar surface area (TPSA) is 110 Å². The molecule has 2 atom stereocenters. The van der Waals surface area contributed by atoms with Crippen LogP contribution in [0.2, 0.25) is 0 Å². The predicted molar refractivity (Wildman–Crippen MR) is 105 cm³/mol. The van der Waals surface area contributed by atoms with Crippen molar-refractivity contribution in [1.29, 1.82) is 0 Å². The molecule has 10 heteroatoms. The van der Waals surface area contributed by atoms with Gasteiger partial charge in [0.1, 0.15) is 5.75 Å².